The summed E-state index contributed by atoms with van der Waals surface area (Å²) < 4.78 is 0.910. The average molecular weight is 395 g/mol. The molecule has 0 amide bonds. The molecule has 25 heavy (non-hydrogen) atoms. The van der Waals surface area contributed by atoms with Crippen molar-refractivity contribution >= 4 is 22.0 Å². The molecule has 0 radical (unpaired) electrons. The molecule has 0 aliphatic rings. The van der Waals surface area contributed by atoms with E-state index in [1.165, 1.54) is 0 Å². The van der Waals surface area contributed by atoms with E-state index in [-0.39, 0.29) is 0 Å². The molecule has 0 spiro atoms. The third-order valence-corrected chi connectivity index (χ3v) is 4.81. The first kappa shape index (κ1) is 17.6. The molecule has 3 rings (SSSR count). The molecule has 2 N–H and O–H groups in total. The van der Waals surface area contributed by atoms with Crippen LogP contribution in [0.25, 0.3) is 6.08 Å². The van der Waals surface area contributed by atoms with Crippen molar-refractivity contribution in [2.75, 3.05) is 0 Å². The second-order valence-corrected chi connectivity index (χ2v) is 6.65. The maximum Gasteiger partial charge on any atom is 0.103 e. The largest absolute Gasteiger partial charge is 0.384 e. The fourth-order valence-corrected chi connectivity index (χ4v) is 3.13. The van der Waals surface area contributed by atoms with Gasteiger partial charge in [0.25, 0.3) is 0 Å². The van der Waals surface area contributed by atoms with Gasteiger partial charge in [-0.15, -0.1) is 0 Å². The molecular formula is C22H19BrO2. The van der Waals surface area contributed by atoms with Gasteiger partial charge in [-0.1, -0.05) is 94.8 Å². The number of aliphatic hydroxyl groups is 2. The molecule has 3 heteroatoms. The van der Waals surface area contributed by atoms with Gasteiger partial charge in [-0.2, -0.15) is 0 Å². The zero-order valence-electron chi connectivity index (χ0n) is 13.6. The molecular weight excluding hydrogens is 376 g/mol. The van der Waals surface area contributed by atoms with E-state index in [9.17, 15) is 10.2 Å². The Morgan fingerprint density at radius 2 is 1.12 bits per heavy atom. The summed E-state index contributed by atoms with van der Waals surface area (Å²) in [7, 11) is 0. The highest BCUT2D eigenvalue weighted by atomic mass is 79.9. The van der Waals surface area contributed by atoms with Gasteiger partial charge in [-0.25, -0.2) is 0 Å². The van der Waals surface area contributed by atoms with Gasteiger partial charge in [0, 0.05) is 4.47 Å². The van der Waals surface area contributed by atoms with Crippen LogP contribution in [0.5, 0.6) is 0 Å². The summed E-state index contributed by atoms with van der Waals surface area (Å²) in [6.07, 6.45) is 0.0476. The van der Waals surface area contributed by atoms with Crippen molar-refractivity contribution < 1.29 is 10.2 Å². The van der Waals surface area contributed by atoms with Gasteiger partial charge < -0.3 is 10.2 Å². The highest BCUT2D eigenvalue weighted by Crippen LogP contribution is 2.35. The maximum absolute atomic E-state index is 10.9. The van der Waals surface area contributed by atoms with E-state index in [1.54, 1.807) is 0 Å². The average Bonchev–Trinajstić information content (AvgIpc) is 2.68. The molecule has 0 saturated heterocycles. The second-order valence-electron chi connectivity index (χ2n) is 5.79. The van der Waals surface area contributed by atoms with Crippen LogP contribution < -0.4 is 0 Å². The third kappa shape index (κ3) is 4.26. The summed E-state index contributed by atoms with van der Waals surface area (Å²) in [4.78, 5) is 0. The van der Waals surface area contributed by atoms with Crippen LogP contribution in [0.3, 0.4) is 0 Å². The molecule has 0 aromatic heterocycles. The molecule has 0 aliphatic carbocycles. The lowest BCUT2D eigenvalue weighted by Crippen LogP contribution is -2.10. The predicted octanol–water partition coefficient (Wildman–Crippen LogP) is 5.30. The molecule has 126 valence electrons. The van der Waals surface area contributed by atoms with Gasteiger partial charge in [0.2, 0.25) is 0 Å². The fourth-order valence-electron chi connectivity index (χ4n) is 2.73. The standard InChI is InChI=1S/C22H19BrO2/c23-20-14-8-7-13-18(20)15-19(21(24)16-9-3-1-4-10-16)22(25)17-11-5-2-6-12-17/h1-15,21-22,24-25H. The zero-order chi connectivity index (χ0) is 17.6. The van der Waals surface area contributed by atoms with Gasteiger partial charge in [0.05, 0.1) is 0 Å². The van der Waals surface area contributed by atoms with Crippen molar-refractivity contribution in [3.8, 4) is 0 Å². The summed E-state index contributed by atoms with van der Waals surface area (Å²) in [6, 6.07) is 26.5. The van der Waals surface area contributed by atoms with Crippen LogP contribution in [0.2, 0.25) is 0 Å². The van der Waals surface area contributed by atoms with E-state index in [2.05, 4.69) is 15.9 Å². The number of hydrogen-bond donors (Lipinski definition) is 2. The van der Waals surface area contributed by atoms with E-state index in [0.29, 0.717) is 5.57 Å². The van der Waals surface area contributed by atoms with E-state index < -0.39 is 12.2 Å². The molecule has 0 saturated carbocycles. The van der Waals surface area contributed by atoms with E-state index in [1.807, 2.05) is 91.0 Å². The molecule has 3 aromatic carbocycles. The van der Waals surface area contributed by atoms with Crippen LogP contribution in [-0.4, -0.2) is 10.2 Å². The summed E-state index contributed by atoms with van der Waals surface area (Å²) in [6.45, 7) is 0. The summed E-state index contributed by atoms with van der Waals surface area (Å²) in [5.74, 6) is 0. The van der Waals surface area contributed by atoms with Crippen LogP contribution in [-0.2, 0) is 0 Å². The number of rotatable bonds is 5. The minimum absolute atomic E-state index is 0.532. The second kappa shape index (κ2) is 8.26. The lowest BCUT2D eigenvalue weighted by Gasteiger charge is -2.22. The number of halogens is 1. The zero-order valence-corrected chi connectivity index (χ0v) is 15.2. The molecule has 2 unspecified atom stereocenters. The molecule has 3 aromatic rings. The molecule has 0 fully saturated rings. The first-order valence-corrected chi connectivity index (χ1v) is 8.88. The summed E-state index contributed by atoms with van der Waals surface area (Å²) >= 11 is 3.53. The Kier molecular flexibility index (Phi) is 5.82. The summed E-state index contributed by atoms with van der Waals surface area (Å²) in [5.41, 5.74) is 2.93. The first-order chi connectivity index (χ1) is 12.2. The molecule has 2 nitrogen and oxygen atoms in total. The highest BCUT2D eigenvalue weighted by molar-refractivity contribution is 9.10. The number of benzene rings is 3. The van der Waals surface area contributed by atoms with Crippen LogP contribution in [0.4, 0.5) is 0 Å². The van der Waals surface area contributed by atoms with E-state index in [0.717, 1.165) is 21.2 Å². The lowest BCUT2D eigenvalue weighted by atomic mass is 9.91. The van der Waals surface area contributed by atoms with Crippen molar-refractivity contribution in [2.24, 2.45) is 0 Å². The molecule has 0 heterocycles. The maximum atomic E-state index is 10.9. The topological polar surface area (TPSA) is 40.5 Å². The summed E-state index contributed by atoms with van der Waals surface area (Å²) in [5, 5.41) is 21.8. The van der Waals surface area contributed by atoms with Crippen LogP contribution in [0, 0.1) is 0 Å². The fraction of sp³-hybridized carbons (Fsp3) is 0.0909. The number of aliphatic hydroxyl groups excluding tert-OH is 2. The Bertz CT molecular complexity index is 797. The Morgan fingerprint density at radius 1 is 0.680 bits per heavy atom. The molecule has 0 bridgehead atoms. The Labute approximate surface area is 156 Å². The van der Waals surface area contributed by atoms with Crippen LogP contribution in [0.1, 0.15) is 28.9 Å². The Balaban J connectivity index is 2.07. The van der Waals surface area contributed by atoms with E-state index in [4.69, 9.17) is 0 Å². The number of hydrogen-bond acceptors (Lipinski definition) is 2. The van der Waals surface area contributed by atoms with Crippen molar-refractivity contribution in [1.82, 2.24) is 0 Å². The molecule has 2 atom stereocenters. The van der Waals surface area contributed by atoms with Gasteiger partial charge >= 0.3 is 0 Å². The predicted molar refractivity (Wildman–Crippen MR) is 105 cm³/mol. The van der Waals surface area contributed by atoms with Crippen molar-refractivity contribution in [3.63, 3.8) is 0 Å². The van der Waals surface area contributed by atoms with Crippen molar-refractivity contribution in [2.45, 2.75) is 12.2 Å². The Hall–Kier alpha value is -2.20. The normalized spacial score (nSPS) is 13.1. The van der Waals surface area contributed by atoms with Gasteiger partial charge in [-0.3, -0.25) is 0 Å². The SMILES string of the molecule is OC(C(=Cc1ccccc1Br)C(O)c1ccccc1)c1ccccc1. The van der Waals surface area contributed by atoms with E-state index >= 15 is 0 Å². The quantitative estimate of drug-likeness (QED) is 0.616. The van der Waals surface area contributed by atoms with Crippen molar-refractivity contribution in [3.05, 3.63) is 112 Å². The minimum Gasteiger partial charge on any atom is -0.384 e. The minimum atomic E-state index is -0.900. The Morgan fingerprint density at radius 3 is 1.60 bits per heavy atom. The third-order valence-electron chi connectivity index (χ3n) is 4.09. The van der Waals surface area contributed by atoms with Crippen LogP contribution in [0.15, 0.2) is 95.0 Å². The van der Waals surface area contributed by atoms with Gasteiger partial charge in [0.15, 0.2) is 0 Å². The van der Waals surface area contributed by atoms with Crippen LogP contribution >= 0.6 is 15.9 Å². The smallest absolute Gasteiger partial charge is 0.103 e. The first-order valence-electron chi connectivity index (χ1n) is 8.09. The molecule has 0 aliphatic heterocycles. The van der Waals surface area contributed by atoms with Gasteiger partial charge in [0.1, 0.15) is 12.2 Å². The van der Waals surface area contributed by atoms with Crippen molar-refractivity contribution in [1.29, 1.82) is 0 Å². The lowest BCUT2D eigenvalue weighted by molar-refractivity contribution is 0.147. The van der Waals surface area contributed by atoms with Gasteiger partial charge in [-0.05, 0) is 34.4 Å². The monoisotopic (exact) mass is 394 g/mol. The highest BCUT2D eigenvalue weighted by Gasteiger charge is 2.22.